The second-order valence-corrected chi connectivity index (χ2v) is 5.50. The number of rotatable bonds is 6. The molecule has 1 saturated heterocycles. The standard InChI is InChI=1S/C16H25NO/c1-13-4-6-14(7-5-13)11-15(12-17)8-9-16-3-2-10-18-16/h4-7,15-16H,2-3,8-12,17H2,1H3. The van der Waals surface area contributed by atoms with Crippen LogP contribution in [0.25, 0.3) is 0 Å². The van der Waals surface area contributed by atoms with Crippen LogP contribution < -0.4 is 5.73 Å². The fourth-order valence-electron chi connectivity index (χ4n) is 2.65. The average Bonchev–Trinajstić information content (AvgIpc) is 2.90. The molecule has 0 aromatic heterocycles. The van der Waals surface area contributed by atoms with Crippen LogP contribution in [0, 0.1) is 12.8 Å². The quantitative estimate of drug-likeness (QED) is 0.838. The Balaban J connectivity index is 1.79. The van der Waals surface area contributed by atoms with E-state index in [0.717, 1.165) is 19.6 Å². The van der Waals surface area contributed by atoms with Crippen molar-refractivity contribution in [1.29, 1.82) is 0 Å². The summed E-state index contributed by atoms with van der Waals surface area (Å²) in [5, 5.41) is 0. The molecule has 2 rings (SSSR count). The minimum Gasteiger partial charge on any atom is -0.378 e. The molecule has 1 aliphatic heterocycles. The number of hydrogen-bond acceptors (Lipinski definition) is 2. The van der Waals surface area contributed by atoms with E-state index < -0.39 is 0 Å². The summed E-state index contributed by atoms with van der Waals surface area (Å²) in [6.45, 7) is 3.86. The molecule has 1 heterocycles. The van der Waals surface area contributed by atoms with Crippen LogP contribution in [-0.4, -0.2) is 19.3 Å². The van der Waals surface area contributed by atoms with E-state index in [2.05, 4.69) is 31.2 Å². The van der Waals surface area contributed by atoms with Crippen molar-refractivity contribution in [3.63, 3.8) is 0 Å². The van der Waals surface area contributed by atoms with Crippen molar-refractivity contribution in [2.24, 2.45) is 11.7 Å². The average molecular weight is 247 g/mol. The zero-order chi connectivity index (χ0) is 12.8. The molecular formula is C16H25NO. The van der Waals surface area contributed by atoms with E-state index in [1.54, 1.807) is 0 Å². The number of nitrogens with two attached hydrogens (primary N) is 1. The Morgan fingerprint density at radius 1 is 1.33 bits per heavy atom. The molecule has 2 nitrogen and oxygen atoms in total. The maximum atomic E-state index is 5.89. The summed E-state index contributed by atoms with van der Waals surface area (Å²) in [5.41, 5.74) is 8.62. The molecule has 0 aliphatic carbocycles. The molecule has 0 radical (unpaired) electrons. The fourth-order valence-corrected chi connectivity index (χ4v) is 2.65. The minimum atomic E-state index is 0.497. The topological polar surface area (TPSA) is 35.2 Å². The van der Waals surface area contributed by atoms with Crippen LogP contribution in [0.4, 0.5) is 0 Å². The monoisotopic (exact) mass is 247 g/mol. The van der Waals surface area contributed by atoms with Gasteiger partial charge in [-0.3, -0.25) is 0 Å². The molecule has 0 bridgehead atoms. The molecule has 18 heavy (non-hydrogen) atoms. The highest BCUT2D eigenvalue weighted by Crippen LogP contribution is 2.21. The Morgan fingerprint density at radius 3 is 2.72 bits per heavy atom. The van der Waals surface area contributed by atoms with E-state index in [0.29, 0.717) is 12.0 Å². The van der Waals surface area contributed by atoms with Crippen molar-refractivity contribution in [2.75, 3.05) is 13.2 Å². The van der Waals surface area contributed by atoms with Gasteiger partial charge in [0.15, 0.2) is 0 Å². The van der Waals surface area contributed by atoms with Gasteiger partial charge < -0.3 is 10.5 Å². The van der Waals surface area contributed by atoms with Crippen LogP contribution in [0.5, 0.6) is 0 Å². The van der Waals surface area contributed by atoms with Crippen molar-refractivity contribution in [3.8, 4) is 0 Å². The van der Waals surface area contributed by atoms with Gasteiger partial charge in [0.2, 0.25) is 0 Å². The smallest absolute Gasteiger partial charge is 0.0576 e. The third-order valence-electron chi connectivity index (χ3n) is 3.90. The van der Waals surface area contributed by atoms with Gasteiger partial charge in [-0.15, -0.1) is 0 Å². The molecule has 1 aromatic rings. The zero-order valence-electron chi connectivity index (χ0n) is 11.4. The molecule has 2 atom stereocenters. The molecule has 0 amide bonds. The summed E-state index contributed by atoms with van der Waals surface area (Å²) < 4.78 is 5.67. The van der Waals surface area contributed by atoms with Gasteiger partial charge in [0.1, 0.15) is 0 Å². The second-order valence-electron chi connectivity index (χ2n) is 5.50. The molecule has 1 aromatic carbocycles. The zero-order valence-corrected chi connectivity index (χ0v) is 11.4. The van der Waals surface area contributed by atoms with Gasteiger partial charge in [-0.1, -0.05) is 29.8 Å². The summed E-state index contributed by atoms with van der Waals surface area (Å²) >= 11 is 0. The maximum Gasteiger partial charge on any atom is 0.0576 e. The van der Waals surface area contributed by atoms with Crippen molar-refractivity contribution < 1.29 is 4.74 Å². The SMILES string of the molecule is Cc1ccc(CC(CN)CCC2CCCO2)cc1. The maximum absolute atomic E-state index is 5.89. The molecule has 2 heteroatoms. The van der Waals surface area contributed by atoms with Crippen molar-refractivity contribution in [1.82, 2.24) is 0 Å². The molecule has 1 fully saturated rings. The van der Waals surface area contributed by atoms with Crippen LogP contribution in [0.3, 0.4) is 0 Å². The van der Waals surface area contributed by atoms with Gasteiger partial charge in [-0.25, -0.2) is 0 Å². The molecule has 0 saturated carbocycles. The molecule has 2 unspecified atom stereocenters. The number of ether oxygens (including phenoxy) is 1. The van der Waals surface area contributed by atoms with Crippen LogP contribution >= 0.6 is 0 Å². The lowest BCUT2D eigenvalue weighted by atomic mass is 9.93. The highest BCUT2D eigenvalue weighted by Gasteiger charge is 2.17. The van der Waals surface area contributed by atoms with Gasteiger partial charge in [-0.2, -0.15) is 0 Å². The Bertz CT molecular complexity index is 341. The second kappa shape index (κ2) is 6.91. The van der Waals surface area contributed by atoms with Crippen LogP contribution in [0.15, 0.2) is 24.3 Å². The summed E-state index contributed by atoms with van der Waals surface area (Å²) in [6.07, 6.45) is 6.43. The Morgan fingerprint density at radius 2 is 2.11 bits per heavy atom. The van der Waals surface area contributed by atoms with E-state index in [-0.39, 0.29) is 0 Å². The lowest BCUT2D eigenvalue weighted by molar-refractivity contribution is 0.0983. The predicted octanol–water partition coefficient (Wildman–Crippen LogP) is 3.07. The molecular weight excluding hydrogens is 222 g/mol. The van der Waals surface area contributed by atoms with E-state index in [1.807, 2.05) is 0 Å². The molecule has 0 spiro atoms. The van der Waals surface area contributed by atoms with Crippen molar-refractivity contribution in [2.45, 2.75) is 45.1 Å². The first-order chi connectivity index (χ1) is 8.78. The fraction of sp³-hybridized carbons (Fsp3) is 0.625. The lowest BCUT2D eigenvalue weighted by Crippen LogP contribution is -2.19. The van der Waals surface area contributed by atoms with Crippen LogP contribution in [-0.2, 0) is 11.2 Å². The van der Waals surface area contributed by atoms with E-state index in [4.69, 9.17) is 10.5 Å². The third-order valence-corrected chi connectivity index (χ3v) is 3.90. The number of benzene rings is 1. The third kappa shape index (κ3) is 4.11. The van der Waals surface area contributed by atoms with Gasteiger partial charge in [-0.05, 0) is 57.1 Å². The first-order valence-corrected chi connectivity index (χ1v) is 7.15. The Labute approximate surface area is 111 Å². The van der Waals surface area contributed by atoms with Crippen molar-refractivity contribution in [3.05, 3.63) is 35.4 Å². The summed E-state index contributed by atoms with van der Waals surface area (Å²) in [5.74, 6) is 0.594. The van der Waals surface area contributed by atoms with E-state index >= 15 is 0 Å². The molecule has 2 N–H and O–H groups in total. The predicted molar refractivity (Wildman–Crippen MR) is 75.6 cm³/mol. The summed E-state index contributed by atoms with van der Waals surface area (Å²) in [7, 11) is 0. The van der Waals surface area contributed by atoms with Crippen LogP contribution in [0.2, 0.25) is 0 Å². The van der Waals surface area contributed by atoms with E-state index in [1.165, 1.54) is 36.8 Å². The summed E-state index contributed by atoms with van der Waals surface area (Å²) in [6, 6.07) is 8.82. The number of hydrogen-bond donors (Lipinski definition) is 1. The van der Waals surface area contributed by atoms with Gasteiger partial charge in [0, 0.05) is 6.61 Å². The van der Waals surface area contributed by atoms with Crippen LogP contribution in [0.1, 0.15) is 36.8 Å². The minimum absolute atomic E-state index is 0.497. The first kappa shape index (κ1) is 13.6. The highest BCUT2D eigenvalue weighted by atomic mass is 16.5. The molecule has 1 aliphatic rings. The van der Waals surface area contributed by atoms with E-state index in [9.17, 15) is 0 Å². The lowest BCUT2D eigenvalue weighted by Gasteiger charge is -2.17. The Kier molecular flexibility index (Phi) is 5.21. The van der Waals surface area contributed by atoms with Gasteiger partial charge in [0.05, 0.1) is 6.10 Å². The number of aryl methyl sites for hydroxylation is 1. The van der Waals surface area contributed by atoms with Gasteiger partial charge >= 0.3 is 0 Å². The van der Waals surface area contributed by atoms with Crippen molar-refractivity contribution >= 4 is 0 Å². The van der Waals surface area contributed by atoms with Gasteiger partial charge in [0.25, 0.3) is 0 Å². The largest absolute Gasteiger partial charge is 0.378 e. The Hall–Kier alpha value is -0.860. The molecule has 100 valence electrons. The summed E-state index contributed by atoms with van der Waals surface area (Å²) in [4.78, 5) is 0. The normalized spacial score (nSPS) is 21.1. The highest BCUT2D eigenvalue weighted by molar-refractivity contribution is 5.21. The first-order valence-electron chi connectivity index (χ1n) is 7.15.